The van der Waals surface area contributed by atoms with Crippen LogP contribution in [-0.4, -0.2) is 19.6 Å². The molecule has 0 saturated heterocycles. The van der Waals surface area contributed by atoms with Gasteiger partial charge in [-0.2, -0.15) is 0 Å². The molecule has 5 aromatic rings. The Morgan fingerprint density at radius 1 is 1.08 bits per heavy atom. The van der Waals surface area contributed by atoms with Crippen LogP contribution in [0.5, 0.6) is 0 Å². The van der Waals surface area contributed by atoms with Gasteiger partial charge >= 0.3 is 0 Å². The Balaban J connectivity index is 1.40. The second-order valence-electron chi connectivity index (χ2n) is 5.97. The first-order chi connectivity index (χ1) is 12.8. The van der Waals surface area contributed by atoms with Crippen molar-refractivity contribution in [3.8, 4) is 11.5 Å². The maximum absolute atomic E-state index is 5.64. The van der Waals surface area contributed by atoms with Crippen LogP contribution in [0.2, 0.25) is 0 Å². The summed E-state index contributed by atoms with van der Waals surface area (Å²) in [7, 11) is 0. The Hall–Kier alpha value is -2.64. The molecule has 0 aliphatic heterocycles. The number of para-hydroxylation sites is 1. The second-order valence-corrected chi connectivity index (χ2v) is 7.92. The summed E-state index contributed by atoms with van der Waals surface area (Å²) < 4.78 is 8.95. The summed E-state index contributed by atoms with van der Waals surface area (Å²) >= 11 is 3.26. The molecular weight excluding hydrogens is 364 g/mol. The van der Waals surface area contributed by atoms with Crippen LogP contribution in [0.3, 0.4) is 0 Å². The van der Waals surface area contributed by atoms with Gasteiger partial charge < -0.3 is 4.42 Å². The van der Waals surface area contributed by atoms with Crippen molar-refractivity contribution in [2.45, 2.75) is 17.8 Å². The third-order valence-electron chi connectivity index (χ3n) is 4.11. The third kappa shape index (κ3) is 2.69. The van der Waals surface area contributed by atoms with E-state index in [4.69, 9.17) is 4.42 Å². The van der Waals surface area contributed by atoms with Crippen LogP contribution in [0, 0.1) is 6.92 Å². The molecule has 0 saturated carbocycles. The monoisotopic (exact) mass is 378 g/mol. The topological polar surface area (TPSA) is 56.2 Å². The van der Waals surface area contributed by atoms with Crippen molar-refractivity contribution in [2.75, 3.05) is 0 Å². The zero-order chi connectivity index (χ0) is 17.5. The minimum absolute atomic E-state index is 0.646. The van der Waals surface area contributed by atoms with Crippen LogP contribution in [0.4, 0.5) is 0 Å². The van der Waals surface area contributed by atoms with Crippen molar-refractivity contribution < 1.29 is 4.42 Å². The highest BCUT2D eigenvalue weighted by molar-refractivity contribution is 7.98. The summed E-state index contributed by atoms with van der Waals surface area (Å²) in [5.41, 5.74) is 4.23. The van der Waals surface area contributed by atoms with Crippen molar-refractivity contribution in [3.05, 3.63) is 66.1 Å². The Bertz CT molecular complexity index is 1200. The molecule has 0 aliphatic carbocycles. The molecule has 128 valence electrons. The van der Waals surface area contributed by atoms with Gasteiger partial charge in [0.25, 0.3) is 0 Å². The molecule has 0 fully saturated rings. The fourth-order valence-electron chi connectivity index (χ4n) is 2.79. The highest BCUT2D eigenvalue weighted by atomic mass is 32.2. The molecule has 0 atom stereocenters. The number of rotatable bonds is 4. The molecule has 0 radical (unpaired) electrons. The smallest absolute Gasteiger partial charge is 0.226 e. The lowest BCUT2D eigenvalue weighted by Gasteiger charge is -1.97. The zero-order valence-corrected chi connectivity index (χ0v) is 15.5. The number of fused-ring (bicyclic) bond motifs is 3. The van der Waals surface area contributed by atoms with E-state index < -0.39 is 0 Å². The number of aryl methyl sites for hydroxylation is 1. The average molecular weight is 378 g/mol. The highest BCUT2D eigenvalue weighted by Gasteiger charge is 2.14. The number of thioether (sulfide) groups is 1. The molecule has 0 bridgehead atoms. The molecular formula is C19H14N4OS2. The number of hydrogen-bond donors (Lipinski definition) is 0. The minimum atomic E-state index is 0.646. The lowest BCUT2D eigenvalue weighted by Crippen LogP contribution is -1.87. The Morgan fingerprint density at radius 3 is 2.81 bits per heavy atom. The van der Waals surface area contributed by atoms with Gasteiger partial charge in [-0.25, -0.2) is 4.98 Å². The maximum Gasteiger partial charge on any atom is 0.226 e. The molecule has 0 spiro atoms. The maximum atomic E-state index is 5.64. The van der Waals surface area contributed by atoms with E-state index in [9.17, 15) is 0 Å². The van der Waals surface area contributed by atoms with Crippen molar-refractivity contribution in [1.82, 2.24) is 19.6 Å². The van der Waals surface area contributed by atoms with E-state index in [2.05, 4.69) is 50.8 Å². The largest absolute Gasteiger partial charge is 0.444 e. The normalized spacial score (nSPS) is 11.6. The predicted molar refractivity (Wildman–Crippen MR) is 105 cm³/mol. The predicted octanol–water partition coefficient (Wildman–Crippen LogP) is 5.20. The van der Waals surface area contributed by atoms with E-state index >= 15 is 0 Å². The summed E-state index contributed by atoms with van der Waals surface area (Å²) in [5, 5.41) is 9.49. The van der Waals surface area contributed by atoms with E-state index in [1.54, 1.807) is 29.4 Å². The number of nitrogens with zero attached hydrogens (tertiary/aromatic N) is 4. The van der Waals surface area contributed by atoms with Crippen LogP contribution >= 0.6 is 23.1 Å². The number of benzene rings is 2. The molecule has 7 heteroatoms. The van der Waals surface area contributed by atoms with Crippen LogP contribution in [-0.2, 0) is 5.75 Å². The zero-order valence-electron chi connectivity index (χ0n) is 13.9. The molecule has 5 rings (SSSR count). The SMILES string of the molecule is Cc1ccc(-c2nc(CSc3nnc4sc5ccccc5n34)co2)cc1. The fourth-order valence-corrected chi connectivity index (χ4v) is 4.63. The van der Waals surface area contributed by atoms with Gasteiger partial charge in [0, 0.05) is 11.3 Å². The van der Waals surface area contributed by atoms with Crippen LogP contribution in [0.15, 0.2) is 64.4 Å². The average Bonchev–Trinajstić information content (AvgIpc) is 3.36. The standard InChI is InChI=1S/C19H14N4OS2/c1-12-6-8-13(9-7-12)17-20-14(10-24-17)11-25-18-21-22-19-23(18)15-4-2-3-5-16(15)26-19/h2-10H,11H2,1H3. The summed E-state index contributed by atoms with van der Waals surface area (Å²) in [6, 6.07) is 16.4. The summed E-state index contributed by atoms with van der Waals surface area (Å²) in [4.78, 5) is 5.51. The van der Waals surface area contributed by atoms with Gasteiger partial charge in [-0.3, -0.25) is 4.40 Å². The van der Waals surface area contributed by atoms with Crippen molar-refractivity contribution in [3.63, 3.8) is 0 Å². The summed E-state index contributed by atoms with van der Waals surface area (Å²) in [5.74, 6) is 1.33. The van der Waals surface area contributed by atoms with Gasteiger partial charge in [0.2, 0.25) is 10.9 Å². The van der Waals surface area contributed by atoms with Crippen LogP contribution in [0.25, 0.3) is 26.6 Å². The molecule has 0 aliphatic rings. The minimum Gasteiger partial charge on any atom is -0.444 e. The molecule has 2 aromatic carbocycles. The summed E-state index contributed by atoms with van der Waals surface area (Å²) in [6.07, 6.45) is 1.71. The second kappa shape index (κ2) is 6.26. The van der Waals surface area contributed by atoms with E-state index in [-0.39, 0.29) is 0 Å². The first-order valence-electron chi connectivity index (χ1n) is 8.15. The highest BCUT2D eigenvalue weighted by Crippen LogP contribution is 2.31. The number of thiazole rings is 1. The van der Waals surface area contributed by atoms with E-state index in [0.717, 1.165) is 26.9 Å². The quantitative estimate of drug-likeness (QED) is 0.402. The number of oxazole rings is 1. The summed E-state index contributed by atoms with van der Waals surface area (Å²) in [6.45, 7) is 2.06. The third-order valence-corrected chi connectivity index (χ3v) is 6.08. The van der Waals surface area contributed by atoms with Gasteiger partial charge in [0.15, 0.2) is 5.16 Å². The first-order valence-corrected chi connectivity index (χ1v) is 9.95. The molecule has 3 aromatic heterocycles. The van der Waals surface area contributed by atoms with Gasteiger partial charge in [-0.1, -0.05) is 52.9 Å². The molecule has 26 heavy (non-hydrogen) atoms. The van der Waals surface area contributed by atoms with Crippen molar-refractivity contribution in [1.29, 1.82) is 0 Å². The number of hydrogen-bond acceptors (Lipinski definition) is 6. The Kier molecular flexibility index (Phi) is 3.76. The Morgan fingerprint density at radius 2 is 1.92 bits per heavy atom. The molecule has 0 N–H and O–H groups in total. The lowest BCUT2D eigenvalue weighted by atomic mass is 10.1. The lowest BCUT2D eigenvalue weighted by molar-refractivity contribution is 0.573. The van der Waals surface area contributed by atoms with Crippen LogP contribution < -0.4 is 0 Å². The molecule has 3 heterocycles. The van der Waals surface area contributed by atoms with Crippen molar-refractivity contribution >= 4 is 38.3 Å². The van der Waals surface area contributed by atoms with E-state index in [1.165, 1.54) is 10.3 Å². The van der Waals surface area contributed by atoms with Gasteiger partial charge in [-0.05, 0) is 31.2 Å². The Labute approximate surface area is 157 Å². The van der Waals surface area contributed by atoms with E-state index in [1.807, 2.05) is 24.3 Å². The van der Waals surface area contributed by atoms with Gasteiger partial charge in [0.1, 0.15) is 6.26 Å². The molecule has 5 nitrogen and oxygen atoms in total. The number of aromatic nitrogens is 4. The van der Waals surface area contributed by atoms with E-state index in [0.29, 0.717) is 11.6 Å². The van der Waals surface area contributed by atoms with Gasteiger partial charge in [-0.15, -0.1) is 10.2 Å². The fraction of sp³-hybridized carbons (Fsp3) is 0.105. The molecule has 0 amide bonds. The van der Waals surface area contributed by atoms with Gasteiger partial charge in [0.05, 0.1) is 15.9 Å². The molecule has 0 unspecified atom stereocenters. The van der Waals surface area contributed by atoms with Crippen molar-refractivity contribution in [2.24, 2.45) is 0 Å². The van der Waals surface area contributed by atoms with Crippen LogP contribution in [0.1, 0.15) is 11.3 Å². The first kappa shape index (κ1) is 15.6.